The van der Waals surface area contributed by atoms with Crippen molar-refractivity contribution in [1.82, 2.24) is 9.88 Å². The van der Waals surface area contributed by atoms with Crippen LogP contribution in [0.4, 0.5) is 4.79 Å². The predicted octanol–water partition coefficient (Wildman–Crippen LogP) is 3.96. The van der Waals surface area contributed by atoms with E-state index in [9.17, 15) is 4.79 Å². The van der Waals surface area contributed by atoms with Crippen LogP contribution >= 0.6 is 0 Å². The van der Waals surface area contributed by atoms with Gasteiger partial charge in [-0.3, -0.25) is 4.98 Å². The Morgan fingerprint density at radius 3 is 2.78 bits per heavy atom. The van der Waals surface area contributed by atoms with Gasteiger partial charge >= 0.3 is 6.09 Å². The van der Waals surface area contributed by atoms with Crippen molar-refractivity contribution in [1.29, 1.82) is 0 Å². The molecule has 144 valence electrons. The Balaban J connectivity index is 1.64. The van der Waals surface area contributed by atoms with Crippen molar-refractivity contribution in [2.45, 2.75) is 45.9 Å². The summed E-state index contributed by atoms with van der Waals surface area (Å²) in [7, 11) is 1.62. The normalized spacial score (nSPS) is 13.7. The van der Waals surface area contributed by atoms with E-state index in [1.54, 1.807) is 18.2 Å². The summed E-state index contributed by atoms with van der Waals surface area (Å²) in [5.41, 5.74) is 2.59. The molecule has 0 saturated heterocycles. The zero-order valence-corrected chi connectivity index (χ0v) is 16.3. The van der Waals surface area contributed by atoms with Gasteiger partial charge in [-0.15, -0.1) is 0 Å². The van der Waals surface area contributed by atoms with E-state index in [0.29, 0.717) is 25.4 Å². The molecule has 6 heteroatoms. The number of hydrogen-bond donors (Lipinski definition) is 0. The van der Waals surface area contributed by atoms with Gasteiger partial charge in [0.25, 0.3) is 0 Å². The first-order valence-corrected chi connectivity index (χ1v) is 9.06. The van der Waals surface area contributed by atoms with Crippen molar-refractivity contribution in [3.05, 3.63) is 53.3 Å². The number of carbonyl (C=O) groups is 1. The van der Waals surface area contributed by atoms with Gasteiger partial charge in [0.1, 0.15) is 29.4 Å². The van der Waals surface area contributed by atoms with Crippen LogP contribution in [0.2, 0.25) is 0 Å². The molecule has 27 heavy (non-hydrogen) atoms. The Morgan fingerprint density at radius 1 is 1.22 bits per heavy atom. The molecule has 1 aromatic carbocycles. The standard InChI is InChI=1S/C21H26N2O4/c1-21(2,3)27-20(24)23-11-9-15-12-17(8-7-16(15)13-23)26-14-18-19(25-4)6-5-10-22-18/h5-8,10,12H,9,11,13-14H2,1-4H3. The zero-order chi connectivity index (χ0) is 19.4. The Bertz CT molecular complexity index is 814. The smallest absolute Gasteiger partial charge is 0.410 e. The number of hydrogen-bond acceptors (Lipinski definition) is 5. The van der Waals surface area contributed by atoms with Gasteiger partial charge in [-0.25, -0.2) is 4.79 Å². The molecule has 0 atom stereocenters. The number of rotatable bonds is 4. The average Bonchev–Trinajstić information content (AvgIpc) is 2.64. The molecule has 0 unspecified atom stereocenters. The third-order valence-electron chi connectivity index (χ3n) is 4.29. The minimum Gasteiger partial charge on any atom is -0.495 e. The molecule has 6 nitrogen and oxygen atoms in total. The zero-order valence-electron chi connectivity index (χ0n) is 16.3. The molecule has 1 aliphatic rings. The fourth-order valence-electron chi connectivity index (χ4n) is 2.97. The highest BCUT2D eigenvalue weighted by Crippen LogP contribution is 2.26. The Kier molecular flexibility index (Phi) is 5.54. The van der Waals surface area contributed by atoms with Crippen molar-refractivity contribution in [3.63, 3.8) is 0 Å². The number of amides is 1. The molecular formula is C21H26N2O4. The summed E-state index contributed by atoms with van der Waals surface area (Å²) in [6.45, 7) is 7.17. The van der Waals surface area contributed by atoms with Gasteiger partial charge in [0.15, 0.2) is 0 Å². The van der Waals surface area contributed by atoms with E-state index >= 15 is 0 Å². The van der Waals surface area contributed by atoms with Gasteiger partial charge in [-0.2, -0.15) is 0 Å². The molecule has 2 aromatic rings. The fourth-order valence-corrected chi connectivity index (χ4v) is 2.97. The monoisotopic (exact) mass is 370 g/mol. The highest BCUT2D eigenvalue weighted by atomic mass is 16.6. The second-order valence-corrected chi connectivity index (χ2v) is 7.52. The number of carbonyl (C=O) groups excluding carboxylic acids is 1. The van der Waals surface area contributed by atoms with Crippen LogP contribution in [0, 0.1) is 0 Å². The number of ether oxygens (including phenoxy) is 3. The summed E-state index contributed by atoms with van der Waals surface area (Å²) in [6.07, 6.45) is 2.23. The van der Waals surface area contributed by atoms with E-state index in [-0.39, 0.29) is 6.09 Å². The molecular weight excluding hydrogens is 344 g/mol. The molecule has 0 N–H and O–H groups in total. The summed E-state index contributed by atoms with van der Waals surface area (Å²) in [6, 6.07) is 9.67. The molecule has 0 aliphatic carbocycles. The third-order valence-corrected chi connectivity index (χ3v) is 4.29. The number of pyridine rings is 1. The molecule has 2 heterocycles. The second-order valence-electron chi connectivity index (χ2n) is 7.52. The maximum absolute atomic E-state index is 12.3. The van der Waals surface area contributed by atoms with Gasteiger partial charge in [0.2, 0.25) is 0 Å². The molecule has 1 aromatic heterocycles. The van der Waals surface area contributed by atoms with Crippen LogP contribution in [0.5, 0.6) is 11.5 Å². The number of nitrogens with zero attached hydrogens (tertiary/aromatic N) is 2. The maximum atomic E-state index is 12.3. The Morgan fingerprint density at radius 2 is 2.04 bits per heavy atom. The van der Waals surface area contributed by atoms with Crippen LogP contribution in [0.1, 0.15) is 37.6 Å². The Hall–Kier alpha value is -2.76. The lowest BCUT2D eigenvalue weighted by Crippen LogP contribution is -2.39. The van der Waals surface area contributed by atoms with Crippen molar-refractivity contribution in [2.75, 3.05) is 13.7 Å². The average molecular weight is 370 g/mol. The van der Waals surface area contributed by atoms with Gasteiger partial charge in [0, 0.05) is 19.3 Å². The van der Waals surface area contributed by atoms with E-state index in [0.717, 1.165) is 23.4 Å². The lowest BCUT2D eigenvalue weighted by Gasteiger charge is -2.31. The van der Waals surface area contributed by atoms with Crippen LogP contribution < -0.4 is 9.47 Å². The minimum atomic E-state index is -0.485. The predicted molar refractivity (Wildman–Crippen MR) is 102 cm³/mol. The minimum absolute atomic E-state index is 0.268. The summed E-state index contributed by atoms with van der Waals surface area (Å²) >= 11 is 0. The van der Waals surface area contributed by atoms with Gasteiger partial charge in [0.05, 0.1) is 7.11 Å². The summed E-state index contributed by atoms with van der Waals surface area (Å²) in [4.78, 5) is 18.3. The Labute approximate surface area is 160 Å². The van der Waals surface area contributed by atoms with Crippen LogP contribution in [0.25, 0.3) is 0 Å². The number of methoxy groups -OCH3 is 1. The first-order valence-electron chi connectivity index (χ1n) is 9.06. The first-order chi connectivity index (χ1) is 12.9. The highest BCUT2D eigenvalue weighted by molar-refractivity contribution is 5.68. The molecule has 1 aliphatic heterocycles. The van der Waals surface area contributed by atoms with Crippen molar-refractivity contribution < 1.29 is 19.0 Å². The van der Waals surface area contributed by atoms with E-state index in [1.165, 1.54) is 5.56 Å². The third kappa shape index (κ3) is 4.90. The second kappa shape index (κ2) is 7.86. The van der Waals surface area contributed by atoms with E-state index in [1.807, 2.05) is 51.1 Å². The lowest BCUT2D eigenvalue weighted by molar-refractivity contribution is 0.0224. The number of aromatic nitrogens is 1. The van der Waals surface area contributed by atoms with Crippen molar-refractivity contribution in [2.24, 2.45) is 0 Å². The van der Waals surface area contributed by atoms with Crippen LogP contribution in [-0.2, 0) is 24.3 Å². The maximum Gasteiger partial charge on any atom is 0.410 e. The van der Waals surface area contributed by atoms with Crippen molar-refractivity contribution >= 4 is 6.09 Å². The molecule has 0 fully saturated rings. The van der Waals surface area contributed by atoms with Gasteiger partial charge < -0.3 is 19.1 Å². The van der Waals surface area contributed by atoms with Crippen LogP contribution in [0.15, 0.2) is 36.5 Å². The highest BCUT2D eigenvalue weighted by Gasteiger charge is 2.25. The molecule has 3 rings (SSSR count). The van der Waals surface area contributed by atoms with Gasteiger partial charge in [-0.1, -0.05) is 6.07 Å². The summed E-state index contributed by atoms with van der Waals surface area (Å²) < 4.78 is 16.7. The molecule has 0 spiro atoms. The van der Waals surface area contributed by atoms with E-state index < -0.39 is 5.60 Å². The number of benzene rings is 1. The summed E-state index contributed by atoms with van der Waals surface area (Å²) in [5, 5.41) is 0. The van der Waals surface area contributed by atoms with Gasteiger partial charge in [-0.05, 0) is 62.6 Å². The quantitative estimate of drug-likeness (QED) is 0.815. The largest absolute Gasteiger partial charge is 0.495 e. The van der Waals surface area contributed by atoms with Crippen molar-refractivity contribution in [3.8, 4) is 11.5 Å². The molecule has 0 bridgehead atoms. The van der Waals surface area contributed by atoms with Crippen LogP contribution in [-0.4, -0.2) is 35.2 Å². The topological polar surface area (TPSA) is 60.9 Å². The molecule has 0 saturated carbocycles. The molecule has 0 radical (unpaired) electrons. The van der Waals surface area contributed by atoms with Crippen LogP contribution in [0.3, 0.4) is 0 Å². The van der Waals surface area contributed by atoms with E-state index in [4.69, 9.17) is 14.2 Å². The first kappa shape index (κ1) is 19.0. The lowest BCUT2D eigenvalue weighted by atomic mass is 10.00. The fraction of sp³-hybridized carbons (Fsp3) is 0.429. The molecule has 1 amide bonds. The number of fused-ring (bicyclic) bond motifs is 1. The summed E-state index contributed by atoms with van der Waals surface area (Å²) in [5.74, 6) is 1.50. The van der Waals surface area contributed by atoms with E-state index in [2.05, 4.69) is 4.98 Å². The SMILES string of the molecule is COc1cccnc1COc1ccc2c(c1)CCN(C(=O)OC(C)(C)C)C2.